The standard InChI is InChI=1S/C13F9NO3/c14-3-1(4(15)7(18)9(20)6(3)17)13(24)2-5(16)8(19)10(21)11(22)12(2)23(25)26. The van der Waals surface area contributed by atoms with Gasteiger partial charge in [0.2, 0.25) is 23.2 Å². The van der Waals surface area contributed by atoms with Crippen LogP contribution in [0.4, 0.5) is 45.2 Å². The molecule has 2 aromatic carbocycles. The zero-order valence-corrected chi connectivity index (χ0v) is 11.6. The molecule has 0 aliphatic carbocycles. The van der Waals surface area contributed by atoms with Crippen molar-refractivity contribution in [2.75, 3.05) is 0 Å². The molecular weight excluding hydrogens is 389 g/mol. The fourth-order valence-corrected chi connectivity index (χ4v) is 1.93. The summed E-state index contributed by atoms with van der Waals surface area (Å²) in [5, 5.41) is 10.7. The van der Waals surface area contributed by atoms with Gasteiger partial charge in [-0.05, 0) is 0 Å². The first-order valence-corrected chi connectivity index (χ1v) is 5.99. The van der Waals surface area contributed by atoms with Crippen LogP contribution in [0.1, 0.15) is 15.9 Å². The lowest BCUT2D eigenvalue weighted by Gasteiger charge is -2.10. The van der Waals surface area contributed by atoms with Crippen molar-refractivity contribution in [3.63, 3.8) is 0 Å². The van der Waals surface area contributed by atoms with Crippen molar-refractivity contribution < 1.29 is 49.2 Å². The van der Waals surface area contributed by atoms with Gasteiger partial charge in [0, 0.05) is 0 Å². The SMILES string of the molecule is O=C(c1c(F)c(F)c(F)c(F)c1F)c1c(F)c(F)c(F)c(F)c1[N+](=O)[O-]. The summed E-state index contributed by atoms with van der Waals surface area (Å²) in [4.78, 5) is 20.7. The average molecular weight is 389 g/mol. The molecule has 0 bridgehead atoms. The first kappa shape index (κ1) is 19.2. The van der Waals surface area contributed by atoms with E-state index in [2.05, 4.69) is 0 Å². The molecular formula is C13F9NO3. The van der Waals surface area contributed by atoms with Gasteiger partial charge in [0.25, 0.3) is 0 Å². The molecule has 2 aromatic rings. The Morgan fingerprint density at radius 1 is 0.577 bits per heavy atom. The van der Waals surface area contributed by atoms with E-state index in [4.69, 9.17) is 0 Å². The molecule has 4 nitrogen and oxygen atoms in total. The second-order valence-corrected chi connectivity index (χ2v) is 4.51. The van der Waals surface area contributed by atoms with E-state index in [1.54, 1.807) is 0 Å². The number of rotatable bonds is 3. The molecule has 26 heavy (non-hydrogen) atoms. The van der Waals surface area contributed by atoms with Crippen LogP contribution in [0, 0.1) is 62.5 Å². The Balaban J connectivity index is 2.96. The summed E-state index contributed by atoms with van der Waals surface area (Å²) in [6.45, 7) is 0. The molecule has 13 heteroatoms. The van der Waals surface area contributed by atoms with Crippen LogP contribution in [0.5, 0.6) is 0 Å². The molecule has 0 aromatic heterocycles. The zero-order valence-electron chi connectivity index (χ0n) is 11.6. The van der Waals surface area contributed by atoms with Crippen molar-refractivity contribution in [2.45, 2.75) is 0 Å². The third-order valence-corrected chi connectivity index (χ3v) is 3.09. The van der Waals surface area contributed by atoms with Gasteiger partial charge in [-0.1, -0.05) is 0 Å². The molecule has 0 spiro atoms. The highest BCUT2D eigenvalue weighted by molar-refractivity contribution is 6.12. The summed E-state index contributed by atoms with van der Waals surface area (Å²) < 4.78 is 120. The zero-order chi connectivity index (χ0) is 20.1. The molecule has 0 atom stereocenters. The lowest BCUT2D eigenvalue weighted by atomic mass is 9.98. The predicted molar refractivity (Wildman–Crippen MR) is 62.6 cm³/mol. The maximum absolute atomic E-state index is 13.7. The summed E-state index contributed by atoms with van der Waals surface area (Å²) >= 11 is 0. The summed E-state index contributed by atoms with van der Waals surface area (Å²) in [7, 11) is 0. The van der Waals surface area contributed by atoms with Gasteiger partial charge in [-0.25, -0.2) is 35.1 Å². The number of nitro benzene ring substituents is 1. The first-order valence-electron chi connectivity index (χ1n) is 5.99. The van der Waals surface area contributed by atoms with Crippen LogP contribution in [0.15, 0.2) is 0 Å². The van der Waals surface area contributed by atoms with Gasteiger partial charge in [-0.3, -0.25) is 14.9 Å². The average Bonchev–Trinajstić information content (AvgIpc) is 2.58. The molecule has 0 saturated heterocycles. The van der Waals surface area contributed by atoms with E-state index < -0.39 is 79.9 Å². The Morgan fingerprint density at radius 2 is 0.885 bits per heavy atom. The van der Waals surface area contributed by atoms with Crippen molar-refractivity contribution in [1.82, 2.24) is 0 Å². The summed E-state index contributed by atoms with van der Waals surface area (Å²) in [5.41, 5.74) is -7.18. The Morgan fingerprint density at radius 3 is 1.27 bits per heavy atom. The molecule has 0 N–H and O–H groups in total. The van der Waals surface area contributed by atoms with E-state index in [0.29, 0.717) is 0 Å². The molecule has 0 amide bonds. The van der Waals surface area contributed by atoms with Crippen LogP contribution < -0.4 is 0 Å². The van der Waals surface area contributed by atoms with Gasteiger partial charge >= 0.3 is 5.69 Å². The van der Waals surface area contributed by atoms with Gasteiger partial charge < -0.3 is 0 Å². The highest BCUT2D eigenvalue weighted by Crippen LogP contribution is 2.34. The van der Waals surface area contributed by atoms with E-state index in [1.807, 2.05) is 0 Å². The summed E-state index contributed by atoms with van der Waals surface area (Å²) in [5.74, 6) is -27.4. The number of halogens is 9. The molecule has 0 radical (unpaired) electrons. The smallest absolute Gasteiger partial charge is 0.288 e. The van der Waals surface area contributed by atoms with Gasteiger partial charge in [0.05, 0.1) is 4.92 Å². The number of benzene rings is 2. The molecule has 0 saturated carbocycles. The van der Waals surface area contributed by atoms with Crippen LogP contribution >= 0.6 is 0 Å². The fourth-order valence-electron chi connectivity index (χ4n) is 1.93. The van der Waals surface area contributed by atoms with Crippen LogP contribution in [0.3, 0.4) is 0 Å². The molecule has 0 aliphatic rings. The number of carbonyl (C=O) groups excluding carboxylic acids is 1. The van der Waals surface area contributed by atoms with Crippen LogP contribution in [0.2, 0.25) is 0 Å². The third kappa shape index (κ3) is 2.55. The van der Waals surface area contributed by atoms with E-state index in [-0.39, 0.29) is 0 Å². The van der Waals surface area contributed by atoms with E-state index >= 15 is 0 Å². The molecule has 0 heterocycles. The van der Waals surface area contributed by atoms with Gasteiger partial charge in [-0.15, -0.1) is 0 Å². The number of carbonyl (C=O) groups is 1. The molecule has 0 aliphatic heterocycles. The monoisotopic (exact) mass is 389 g/mol. The quantitative estimate of drug-likeness (QED) is 0.199. The van der Waals surface area contributed by atoms with Gasteiger partial charge in [0.1, 0.15) is 11.1 Å². The van der Waals surface area contributed by atoms with Crippen molar-refractivity contribution in [3.8, 4) is 0 Å². The second kappa shape index (κ2) is 6.31. The number of nitro groups is 1. The minimum absolute atomic E-state index is 1.94. The Labute approximate surface area is 135 Å². The number of ketones is 1. The second-order valence-electron chi connectivity index (χ2n) is 4.51. The van der Waals surface area contributed by atoms with Crippen molar-refractivity contribution in [2.24, 2.45) is 0 Å². The van der Waals surface area contributed by atoms with Crippen molar-refractivity contribution in [1.29, 1.82) is 0 Å². The predicted octanol–water partition coefficient (Wildman–Crippen LogP) is 4.08. The topological polar surface area (TPSA) is 60.2 Å². The Bertz CT molecular complexity index is 961. The molecule has 2 rings (SSSR count). The minimum atomic E-state index is -2.78. The third-order valence-electron chi connectivity index (χ3n) is 3.09. The molecule has 0 fully saturated rings. The van der Waals surface area contributed by atoms with Gasteiger partial charge in [0.15, 0.2) is 34.9 Å². The Kier molecular flexibility index (Phi) is 4.66. The van der Waals surface area contributed by atoms with E-state index in [9.17, 15) is 54.4 Å². The van der Waals surface area contributed by atoms with Crippen molar-refractivity contribution >= 4 is 11.5 Å². The number of nitrogens with zero attached hydrogens (tertiary/aromatic N) is 1. The molecule has 0 unspecified atom stereocenters. The highest BCUT2D eigenvalue weighted by atomic mass is 19.2. The summed E-state index contributed by atoms with van der Waals surface area (Å²) in [6.07, 6.45) is 0. The van der Waals surface area contributed by atoms with Crippen molar-refractivity contribution in [3.05, 3.63) is 73.6 Å². The van der Waals surface area contributed by atoms with Crippen LogP contribution in [-0.4, -0.2) is 10.7 Å². The van der Waals surface area contributed by atoms with Crippen LogP contribution in [0.25, 0.3) is 0 Å². The largest absolute Gasteiger partial charge is 0.322 e. The molecule has 138 valence electrons. The van der Waals surface area contributed by atoms with Gasteiger partial charge in [-0.2, -0.15) is 4.39 Å². The Hall–Kier alpha value is -3.12. The number of hydrogen-bond donors (Lipinski definition) is 0. The normalized spacial score (nSPS) is 11.0. The van der Waals surface area contributed by atoms with Crippen LogP contribution in [-0.2, 0) is 0 Å². The lowest BCUT2D eigenvalue weighted by molar-refractivity contribution is -0.388. The first-order chi connectivity index (χ1) is 11.9. The maximum Gasteiger partial charge on any atom is 0.322 e. The van der Waals surface area contributed by atoms with E-state index in [1.165, 1.54) is 0 Å². The lowest BCUT2D eigenvalue weighted by Crippen LogP contribution is -2.18. The maximum atomic E-state index is 13.7. The van der Waals surface area contributed by atoms with E-state index in [0.717, 1.165) is 0 Å². The highest BCUT2D eigenvalue weighted by Gasteiger charge is 2.40. The summed E-state index contributed by atoms with van der Waals surface area (Å²) in [6, 6.07) is 0. The fraction of sp³-hybridized carbons (Fsp3) is 0. The minimum Gasteiger partial charge on any atom is -0.288 e. The number of hydrogen-bond acceptors (Lipinski definition) is 3.